The van der Waals surface area contributed by atoms with E-state index in [9.17, 15) is 13.2 Å². The van der Waals surface area contributed by atoms with Crippen molar-refractivity contribution in [3.8, 4) is 0 Å². The summed E-state index contributed by atoms with van der Waals surface area (Å²) in [7, 11) is -2.03. The summed E-state index contributed by atoms with van der Waals surface area (Å²) in [6.45, 7) is 5.56. The molecule has 0 heterocycles. The second-order valence-electron chi connectivity index (χ2n) is 4.95. The molecule has 19 heavy (non-hydrogen) atoms. The van der Waals surface area contributed by atoms with Crippen molar-refractivity contribution in [2.24, 2.45) is 0 Å². The minimum atomic E-state index is -3.56. The first-order valence-corrected chi connectivity index (χ1v) is 7.56. The standard InChI is InChI=1S/C13H20N2O3S/c1-5-13(2,3)15-19(17,18)11-8-6-10(7-9-11)12(16)14-4/h6-9,15H,5H2,1-4H3,(H,14,16). The molecule has 0 atom stereocenters. The van der Waals surface area contributed by atoms with Crippen molar-refractivity contribution in [1.82, 2.24) is 10.0 Å². The summed E-state index contributed by atoms with van der Waals surface area (Å²) in [4.78, 5) is 11.5. The second kappa shape index (κ2) is 5.71. The van der Waals surface area contributed by atoms with Gasteiger partial charge < -0.3 is 5.32 Å². The van der Waals surface area contributed by atoms with Gasteiger partial charge in [0.1, 0.15) is 0 Å². The van der Waals surface area contributed by atoms with Crippen LogP contribution in [0.5, 0.6) is 0 Å². The molecule has 0 unspecified atom stereocenters. The highest BCUT2D eigenvalue weighted by atomic mass is 32.2. The van der Waals surface area contributed by atoms with E-state index in [0.29, 0.717) is 12.0 Å². The summed E-state index contributed by atoms with van der Waals surface area (Å²) in [5.41, 5.74) is -0.0746. The van der Waals surface area contributed by atoms with E-state index in [1.54, 1.807) is 0 Å². The Labute approximate surface area is 114 Å². The summed E-state index contributed by atoms with van der Waals surface area (Å²) in [5.74, 6) is -0.245. The average Bonchev–Trinajstić information content (AvgIpc) is 2.37. The summed E-state index contributed by atoms with van der Waals surface area (Å²) in [6.07, 6.45) is 0.683. The van der Waals surface area contributed by atoms with E-state index in [1.807, 2.05) is 20.8 Å². The molecule has 0 saturated carbocycles. The molecule has 0 saturated heterocycles. The lowest BCUT2D eigenvalue weighted by Gasteiger charge is -2.24. The van der Waals surface area contributed by atoms with E-state index < -0.39 is 15.6 Å². The van der Waals surface area contributed by atoms with Gasteiger partial charge in [-0.3, -0.25) is 4.79 Å². The zero-order valence-corrected chi connectivity index (χ0v) is 12.5. The molecule has 0 aromatic heterocycles. The van der Waals surface area contributed by atoms with Gasteiger partial charge in [-0.1, -0.05) is 6.92 Å². The van der Waals surface area contributed by atoms with Gasteiger partial charge in [0.15, 0.2) is 0 Å². The molecule has 5 nitrogen and oxygen atoms in total. The van der Waals surface area contributed by atoms with Gasteiger partial charge in [0.05, 0.1) is 4.90 Å². The molecule has 106 valence electrons. The molecule has 0 fully saturated rings. The van der Waals surface area contributed by atoms with E-state index in [4.69, 9.17) is 0 Å². The highest BCUT2D eigenvalue weighted by Gasteiger charge is 2.24. The molecule has 0 aliphatic carbocycles. The van der Waals surface area contributed by atoms with Crippen LogP contribution in [0.15, 0.2) is 29.2 Å². The maximum absolute atomic E-state index is 12.1. The summed E-state index contributed by atoms with van der Waals surface area (Å²) >= 11 is 0. The first-order valence-electron chi connectivity index (χ1n) is 6.08. The van der Waals surface area contributed by atoms with Crippen molar-refractivity contribution in [1.29, 1.82) is 0 Å². The van der Waals surface area contributed by atoms with E-state index in [0.717, 1.165) is 0 Å². The minimum absolute atomic E-state index is 0.154. The molecule has 1 aromatic carbocycles. The Bertz CT molecular complexity index is 548. The zero-order chi connectivity index (χ0) is 14.7. The van der Waals surface area contributed by atoms with E-state index in [1.165, 1.54) is 31.3 Å². The van der Waals surface area contributed by atoms with Gasteiger partial charge in [-0.05, 0) is 44.5 Å². The lowest BCUT2D eigenvalue weighted by molar-refractivity contribution is 0.0963. The van der Waals surface area contributed by atoms with Crippen molar-refractivity contribution in [2.75, 3.05) is 7.05 Å². The Kier molecular flexibility index (Phi) is 4.70. The third-order valence-corrected chi connectivity index (χ3v) is 4.66. The number of carbonyl (C=O) groups excluding carboxylic acids is 1. The topological polar surface area (TPSA) is 75.3 Å². The van der Waals surface area contributed by atoms with Crippen LogP contribution in [-0.2, 0) is 10.0 Å². The summed E-state index contributed by atoms with van der Waals surface area (Å²) in [6, 6.07) is 5.84. The minimum Gasteiger partial charge on any atom is -0.355 e. The van der Waals surface area contributed by atoms with E-state index in [-0.39, 0.29) is 10.8 Å². The highest BCUT2D eigenvalue weighted by Crippen LogP contribution is 2.16. The van der Waals surface area contributed by atoms with Crippen molar-refractivity contribution in [3.05, 3.63) is 29.8 Å². The first-order chi connectivity index (χ1) is 8.72. The third kappa shape index (κ3) is 4.04. The number of nitrogens with one attached hydrogen (secondary N) is 2. The fraction of sp³-hybridized carbons (Fsp3) is 0.462. The molecule has 1 amide bonds. The number of hydrogen-bond acceptors (Lipinski definition) is 3. The fourth-order valence-corrected chi connectivity index (χ4v) is 2.91. The molecule has 6 heteroatoms. The molecule has 1 rings (SSSR count). The zero-order valence-electron chi connectivity index (χ0n) is 11.6. The van der Waals surface area contributed by atoms with E-state index in [2.05, 4.69) is 10.0 Å². The second-order valence-corrected chi connectivity index (χ2v) is 6.63. The molecule has 0 aliphatic rings. The number of carbonyl (C=O) groups is 1. The number of sulfonamides is 1. The number of rotatable bonds is 5. The highest BCUT2D eigenvalue weighted by molar-refractivity contribution is 7.89. The van der Waals surface area contributed by atoms with Gasteiger partial charge >= 0.3 is 0 Å². The smallest absolute Gasteiger partial charge is 0.251 e. The van der Waals surface area contributed by atoms with Crippen molar-refractivity contribution >= 4 is 15.9 Å². The number of hydrogen-bond donors (Lipinski definition) is 2. The largest absolute Gasteiger partial charge is 0.355 e. The van der Waals surface area contributed by atoms with Gasteiger partial charge in [-0.25, -0.2) is 13.1 Å². The average molecular weight is 284 g/mol. The van der Waals surface area contributed by atoms with Crippen molar-refractivity contribution in [2.45, 2.75) is 37.6 Å². The monoisotopic (exact) mass is 284 g/mol. The molecule has 0 aliphatic heterocycles. The van der Waals surface area contributed by atoms with Gasteiger partial charge in [-0.2, -0.15) is 0 Å². The Morgan fingerprint density at radius 2 is 1.74 bits per heavy atom. The van der Waals surface area contributed by atoms with Gasteiger partial charge in [0.2, 0.25) is 10.0 Å². The molecular formula is C13H20N2O3S. The molecule has 2 N–H and O–H groups in total. The maximum atomic E-state index is 12.1. The lowest BCUT2D eigenvalue weighted by Crippen LogP contribution is -2.42. The molecule has 1 aromatic rings. The van der Waals surface area contributed by atoms with Crippen LogP contribution >= 0.6 is 0 Å². The van der Waals surface area contributed by atoms with Crippen LogP contribution in [0.1, 0.15) is 37.6 Å². The predicted octanol–water partition coefficient (Wildman–Crippen LogP) is 1.51. The summed E-state index contributed by atoms with van der Waals surface area (Å²) < 4.78 is 26.9. The van der Waals surface area contributed by atoms with E-state index >= 15 is 0 Å². The SMILES string of the molecule is CCC(C)(C)NS(=O)(=O)c1ccc(C(=O)NC)cc1. The third-order valence-electron chi connectivity index (χ3n) is 2.95. The Morgan fingerprint density at radius 1 is 1.21 bits per heavy atom. The Morgan fingerprint density at radius 3 is 2.16 bits per heavy atom. The lowest BCUT2D eigenvalue weighted by atomic mass is 10.0. The maximum Gasteiger partial charge on any atom is 0.251 e. The Balaban J connectivity index is 3.01. The predicted molar refractivity (Wildman–Crippen MR) is 74.5 cm³/mol. The first kappa shape index (κ1) is 15.7. The van der Waals surface area contributed by atoms with Crippen LogP contribution < -0.4 is 10.0 Å². The Hall–Kier alpha value is -1.40. The normalized spacial score (nSPS) is 12.2. The number of benzene rings is 1. The summed E-state index contributed by atoms with van der Waals surface area (Å²) in [5, 5.41) is 2.48. The van der Waals surface area contributed by atoms with Gasteiger partial charge in [0, 0.05) is 18.2 Å². The molecular weight excluding hydrogens is 264 g/mol. The fourth-order valence-electron chi connectivity index (χ4n) is 1.42. The van der Waals surface area contributed by atoms with Crippen LogP contribution in [-0.4, -0.2) is 26.9 Å². The molecule has 0 radical (unpaired) electrons. The van der Waals surface area contributed by atoms with Crippen LogP contribution in [0, 0.1) is 0 Å². The van der Waals surface area contributed by atoms with Crippen LogP contribution in [0.25, 0.3) is 0 Å². The van der Waals surface area contributed by atoms with Crippen molar-refractivity contribution < 1.29 is 13.2 Å². The number of amides is 1. The van der Waals surface area contributed by atoms with Crippen LogP contribution in [0.4, 0.5) is 0 Å². The van der Waals surface area contributed by atoms with Crippen LogP contribution in [0.2, 0.25) is 0 Å². The van der Waals surface area contributed by atoms with Gasteiger partial charge in [-0.15, -0.1) is 0 Å². The van der Waals surface area contributed by atoms with Gasteiger partial charge in [0.25, 0.3) is 5.91 Å². The quantitative estimate of drug-likeness (QED) is 0.860. The molecule has 0 spiro atoms. The molecule has 0 bridgehead atoms. The van der Waals surface area contributed by atoms with Crippen molar-refractivity contribution in [3.63, 3.8) is 0 Å². The van der Waals surface area contributed by atoms with Crippen LogP contribution in [0.3, 0.4) is 0 Å².